The lowest BCUT2D eigenvalue weighted by Gasteiger charge is -1.92. The molecule has 0 bridgehead atoms. The highest BCUT2D eigenvalue weighted by molar-refractivity contribution is 6.32. The minimum absolute atomic E-state index is 0.500. The highest BCUT2D eigenvalue weighted by Crippen LogP contribution is 1.94. The lowest BCUT2D eigenvalue weighted by molar-refractivity contribution is 1.18. The third kappa shape index (κ3) is 1.72. The van der Waals surface area contributed by atoms with Gasteiger partial charge in [-0.15, -0.1) is 11.6 Å². The third-order valence-electron chi connectivity index (χ3n) is 1.11. The number of rotatable bonds is 1. The van der Waals surface area contributed by atoms with Gasteiger partial charge in [-0.1, -0.05) is 11.5 Å². The molecule has 0 radical (unpaired) electrons. The van der Waals surface area contributed by atoms with Gasteiger partial charge in [0.25, 0.3) is 0 Å². The Morgan fingerprint density at radius 2 is 2.33 bits per heavy atom. The first kappa shape index (κ1) is 6.62. The van der Waals surface area contributed by atoms with Crippen molar-refractivity contribution in [2.75, 3.05) is 0 Å². The number of aromatic nitrogens is 1. The summed E-state index contributed by atoms with van der Waals surface area (Å²) < 4.78 is 0. The van der Waals surface area contributed by atoms with E-state index in [4.69, 9.17) is 11.6 Å². The normalized spacial score (nSPS) is 9.44. The first-order chi connectivity index (χ1) is 4.33. The summed E-state index contributed by atoms with van der Waals surface area (Å²) in [5.74, 6) is 0.500. The molecule has 0 saturated carbocycles. The summed E-state index contributed by atoms with van der Waals surface area (Å²) in [5, 5.41) is 0. The molecular formula is C6H7BClN. The van der Waals surface area contributed by atoms with Gasteiger partial charge in [0.15, 0.2) is 0 Å². The van der Waals surface area contributed by atoms with E-state index in [0.29, 0.717) is 5.88 Å². The molecule has 1 aromatic rings. The van der Waals surface area contributed by atoms with E-state index in [1.54, 1.807) is 0 Å². The van der Waals surface area contributed by atoms with Gasteiger partial charge in [0.1, 0.15) is 7.85 Å². The summed E-state index contributed by atoms with van der Waals surface area (Å²) in [6.45, 7) is 0. The Hall–Kier alpha value is -0.495. The molecule has 0 amide bonds. The van der Waals surface area contributed by atoms with Gasteiger partial charge >= 0.3 is 0 Å². The van der Waals surface area contributed by atoms with Crippen LogP contribution in [0.5, 0.6) is 0 Å². The molecule has 0 aliphatic heterocycles. The topological polar surface area (TPSA) is 12.9 Å². The molecule has 9 heavy (non-hydrogen) atoms. The molecule has 0 unspecified atom stereocenters. The maximum absolute atomic E-state index is 5.52. The van der Waals surface area contributed by atoms with Gasteiger partial charge in [-0.25, -0.2) is 0 Å². The second kappa shape index (κ2) is 2.88. The number of hydrogen-bond donors (Lipinski definition) is 0. The fourth-order valence-electron chi connectivity index (χ4n) is 0.577. The Bertz CT molecular complexity index is 185. The van der Waals surface area contributed by atoms with Crippen molar-refractivity contribution in [3.63, 3.8) is 0 Å². The Morgan fingerprint density at radius 3 is 2.78 bits per heavy atom. The first-order valence-electron chi connectivity index (χ1n) is 2.80. The zero-order valence-corrected chi connectivity index (χ0v) is 6.02. The summed E-state index contributed by atoms with van der Waals surface area (Å²) in [7, 11) is 2.00. The Morgan fingerprint density at radius 1 is 1.56 bits per heavy atom. The minimum Gasteiger partial charge on any atom is -0.261 e. The molecule has 1 rings (SSSR count). The molecule has 1 heterocycles. The molecule has 0 atom stereocenters. The van der Waals surface area contributed by atoms with Gasteiger partial charge in [0, 0.05) is 6.20 Å². The molecule has 1 nitrogen and oxygen atoms in total. The standard InChI is InChI=1S/C6H7BClN/c7-5-1-2-6(3-8)9-4-5/h1-2,4H,3,7H2. The SMILES string of the molecule is Bc1ccc(CCl)nc1. The van der Waals surface area contributed by atoms with Crippen molar-refractivity contribution in [2.45, 2.75) is 5.88 Å². The lowest BCUT2D eigenvalue weighted by atomic mass is 9.99. The van der Waals surface area contributed by atoms with E-state index < -0.39 is 0 Å². The van der Waals surface area contributed by atoms with E-state index in [1.807, 2.05) is 26.2 Å². The van der Waals surface area contributed by atoms with Crippen molar-refractivity contribution >= 4 is 24.9 Å². The van der Waals surface area contributed by atoms with E-state index in [1.165, 1.54) is 5.46 Å². The number of halogens is 1. The predicted molar refractivity (Wildman–Crippen MR) is 42.0 cm³/mol. The average Bonchev–Trinajstić information content (AvgIpc) is 1.90. The van der Waals surface area contributed by atoms with Crippen LogP contribution in [0.25, 0.3) is 0 Å². The van der Waals surface area contributed by atoms with Gasteiger partial charge in [0.05, 0.1) is 11.6 Å². The van der Waals surface area contributed by atoms with Crippen LogP contribution >= 0.6 is 11.6 Å². The van der Waals surface area contributed by atoms with Crippen LogP contribution in [-0.2, 0) is 5.88 Å². The maximum Gasteiger partial charge on any atom is 0.141 e. The fraction of sp³-hybridized carbons (Fsp3) is 0.167. The van der Waals surface area contributed by atoms with Crippen LogP contribution < -0.4 is 5.46 Å². The molecular weight excluding hydrogens is 132 g/mol. The number of hydrogen-bond acceptors (Lipinski definition) is 1. The molecule has 46 valence electrons. The molecule has 0 N–H and O–H groups in total. The highest BCUT2D eigenvalue weighted by Gasteiger charge is 1.87. The molecule has 0 aliphatic carbocycles. The van der Waals surface area contributed by atoms with Crippen molar-refractivity contribution in [1.82, 2.24) is 4.98 Å². The van der Waals surface area contributed by atoms with Crippen LogP contribution in [0.4, 0.5) is 0 Å². The molecule has 0 saturated heterocycles. The van der Waals surface area contributed by atoms with E-state index in [2.05, 4.69) is 4.98 Å². The average molecular weight is 139 g/mol. The van der Waals surface area contributed by atoms with E-state index in [0.717, 1.165) is 5.69 Å². The lowest BCUT2D eigenvalue weighted by Crippen LogP contribution is -2.02. The van der Waals surface area contributed by atoms with Crippen LogP contribution in [0.1, 0.15) is 5.69 Å². The number of nitrogens with zero attached hydrogens (tertiary/aromatic N) is 1. The van der Waals surface area contributed by atoms with Gasteiger partial charge in [-0.2, -0.15) is 0 Å². The van der Waals surface area contributed by atoms with Gasteiger partial charge in [0.2, 0.25) is 0 Å². The summed E-state index contributed by atoms with van der Waals surface area (Å²) in [6.07, 6.45) is 1.82. The summed E-state index contributed by atoms with van der Waals surface area (Å²) in [5.41, 5.74) is 2.10. The van der Waals surface area contributed by atoms with Gasteiger partial charge in [-0.3, -0.25) is 4.98 Å². The first-order valence-corrected chi connectivity index (χ1v) is 3.34. The zero-order chi connectivity index (χ0) is 6.69. The Balaban J connectivity index is 2.88. The van der Waals surface area contributed by atoms with E-state index in [9.17, 15) is 0 Å². The van der Waals surface area contributed by atoms with Crippen molar-refractivity contribution in [2.24, 2.45) is 0 Å². The summed E-state index contributed by atoms with van der Waals surface area (Å²) in [6, 6.07) is 3.94. The van der Waals surface area contributed by atoms with E-state index >= 15 is 0 Å². The van der Waals surface area contributed by atoms with Crippen molar-refractivity contribution < 1.29 is 0 Å². The maximum atomic E-state index is 5.52. The van der Waals surface area contributed by atoms with Gasteiger partial charge < -0.3 is 0 Å². The second-order valence-electron chi connectivity index (χ2n) is 1.96. The van der Waals surface area contributed by atoms with Crippen molar-refractivity contribution in [3.05, 3.63) is 24.0 Å². The van der Waals surface area contributed by atoms with Crippen LogP contribution in [0.2, 0.25) is 0 Å². The molecule has 0 fully saturated rings. The quantitative estimate of drug-likeness (QED) is 0.397. The van der Waals surface area contributed by atoms with Gasteiger partial charge in [-0.05, 0) is 6.07 Å². The molecule has 3 heteroatoms. The highest BCUT2D eigenvalue weighted by atomic mass is 35.5. The summed E-state index contributed by atoms with van der Waals surface area (Å²) in [4.78, 5) is 4.06. The smallest absolute Gasteiger partial charge is 0.141 e. The fourth-order valence-corrected chi connectivity index (χ4v) is 0.736. The molecule has 1 aromatic heterocycles. The molecule has 0 aliphatic rings. The van der Waals surface area contributed by atoms with E-state index in [-0.39, 0.29) is 0 Å². The van der Waals surface area contributed by atoms with Crippen LogP contribution in [0.3, 0.4) is 0 Å². The van der Waals surface area contributed by atoms with Crippen molar-refractivity contribution in [1.29, 1.82) is 0 Å². The van der Waals surface area contributed by atoms with Crippen LogP contribution in [-0.4, -0.2) is 12.8 Å². The second-order valence-corrected chi connectivity index (χ2v) is 2.23. The number of pyridine rings is 1. The molecule has 0 spiro atoms. The van der Waals surface area contributed by atoms with Crippen molar-refractivity contribution in [3.8, 4) is 0 Å². The largest absolute Gasteiger partial charge is 0.261 e. The predicted octanol–water partition coefficient (Wildman–Crippen LogP) is 0.0788. The Labute approximate surface area is 60.5 Å². The Kier molecular flexibility index (Phi) is 2.12. The monoisotopic (exact) mass is 139 g/mol. The minimum atomic E-state index is 0.500. The zero-order valence-electron chi connectivity index (χ0n) is 5.26. The molecule has 0 aromatic carbocycles. The summed E-state index contributed by atoms with van der Waals surface area (Å²) >= 11 is 5.52. The third-order valence-corrected chi connectivity index (χ3v) is 1.38. The number of alkyl halides is 1. The van der Waals surface area contributed by atoms with Crippen LogP contribution in [0, 0.1) is 0 Å². The van der Waals surface area contributed by atoms with Crippen LogP contribution in [0.15, 0.2) is 18.3 Å².